The largest absolute Gasteiger partial charge is 0.502 e. The molecular weight excluding hydrogens is 260 g/mol. The minimum absolute atomic E-state index is 0.142. The van der Waals surface area contributed by atoms with E-state index in [1.165, 1.54) is 18.2 Å². The fraction of sp³-hybridized carbons (Fsp3) is 0.500. The highest BCUT2D eigenvalue weighted by atomic mass is 16.6. The molecule has 0 saturated carbocycles. The van der Waals surface area contributed by atoms with E-state index in [0.717, 1.165) is 19.3 Å². The average molecular weight is 278 g/mol. The highest BCUT2D eigenvalue weighted by Gasteiger charge is 2.30. The lowest BCUT2D eigenvalue weighted by Crippen LogP contribution is -2.47. The number of carbonyl (C=O) groups excluding carboxylic acids is 1. The molecule has 2 atom stereocenters. The molecule has 1 aliphatic heterocycles. The monoisotopic (exact) mass is 278 g/mol. The highest BCUT2D eigenvalue weighted by Crippen LogP contribution is 2.29. The molecule has 0 aliphatic carbocycles. The topological polar surface area (TPSA) is 83.7 Å². The number of nitro benzene ring substituents is 1. The first-order chi connectivity index (χ1) is 9.41. The van der Waals surface area contributed by atoms with Crippen LogP contribution in [0.1, 0.15) is 43.5 Å². The summed E-state index contributed by atoms with van der Waals surface area (Å²) >= 11 is 0. The number of carbonyl (C=O) groups is 1. The van der Waals surface area contributed by atoms with Crippen LogP contribution in [0.15, 0.2) is 18.2 Å². The van der Waals surface area contributed by atoms with Crippen LogP contribution in [-0.4, -0.2) is 32.9 Å². The van der Waals surface area contributed by atoms with Crippen LogP contribution in [0.25, 0.3) is 0 Å². The number of benzene rings is 1. The number of nitrogens with zero attached hydrogens (tertiary/aromatic N) is 2. The number of piperidine rings is 1. The van der Waals surface area contributed by atoms with Crippen molar-refractivity contribution in [1.82, 2.24) is 4.90 Å². The van der Waals surface area contributed by atoms with E-state index >= 15 is 0 Å². The SMILES string of the molecule is C[C@@H]1CCC[C@H](C)N1C(=O)c1ccc([N+](=O)[O-])c(O)c1. The van der Waals surface area contributed by atoms with Gasteiger partial charge in [0.1, 0.15) is 0 Å². The average Bonchev–Trinajstić information content (AvgIpc) is 2.37. The number of phenols is 1. The van der Waals surface area contributed by atoms with Crippen molar-refractivity contribution in [3.8, 4) is 5.75 Å². The van der Waals surface area contributed by atoms with Gasteiger partial charge in [0, 0.05) is 23.7 Å². The van der Waals surface area contributed by atoms with Crippen LogP contribution in [0.4, 0.5) is 5.69 Å². The Labute approximate surface area is 117 Å². The molecule has 1 aliphatic rings. The van der Waals surface area contributed by atoms with Gasteiger partial charge in [0.25, 0.3) is 5.91 Å². The number of aromatic hydroxyl groups is 1. The molecule has 6 heteroatoms. The van der Waals surface area contributed by atoms with E-state index in [1.807, 2.05) is 13.8 Å². The van der Waals surface area contributed by atoms with Gasteiger partial charge in [-0.05, 0) is 45.2 Å². The zero-order chi connectivity index (χ0) is 14.9. The van der Waals surface area contributed by atoms with Crippen LogP contribution in [0, 0.1) is 10.1 Å². The van der Waals surface area contributed by atoms with Crippen LogP contribution in [0.2, 0.25) is 0 Å². The van der Waals surface area contributed by atoms with E-state index in [0.29, 0.717) is 0 Å². The summed E-state index contributed by atoms with van der Waals surface area (Å²) in [5.41, 5.74) is -0.102. The summed E-state index contributed by atoms with van der Waals surface area (Å²) in [6, 6.07) is 4.03. The van der Waals surface area contributed by atoms with Gasteiger partial charge in [-0.2, -0.15) is 0 Å². The van der Waals surface area contributed by atoms with Gasteiger partial charge in [0.2, 0.25) is 0 Å². The molecule has 0 spiro atoms. The Morgan fingerprint density at radius 1 is 1.35 bits per heavy atom. The van der Waals surface area contributed by atoms with Crippen molar-refractivity contribution in [2.24, 2.45) is 0 Å². The standard InChI is InChI=1S/C14H18N2O4/c1-9-4-3-5-10(2)15(9)14(18)11-6-7-12(16(19)20)13(17)8-11/h6-10,17H,3-5H2,1-2H3/t9-,10+. The van der Waals surface area contributed by atoms with E-state index in [9.17, 15) is 20.0 Å². The normalized spacial score (nSPS) is 22.6. The third-order valence-electron chi connectivity index (χ3n) is 3.85. The Hall–Kier alpha value is -2.11. The lowest BCUT2D eigenvalue weighted by molar-refractivity contribution is -0.385. The lowest BCUT2D eigenvalue weighted by atomic mass is 9.96. The molecule has 1 aromatic rings. The van der Waals surface area contributed by atoms with Crippen molar-refractivity contribution >= 4 is 11.6 Å². The molecule has 0 aromatic heterocycles. The third-order valence-corrected chi connectivity index (χ3v) is 3.85. The molecule has 1 N–H and O–H groups in total. The Balaban J connectivity index is 2.29. The maximum absolute atomic E-state index is 12.5. The van der Waals surface area contributed by atoms with Gasteiger partial charge < -0.3 is 10.0 Å². The summed E-state index contributed by atoms with van der Waals surface area (Å²) in [5.74, 6) is -0.659. The predicted octanol–water partition coefficient (Wildman–Crippen LogP) is 2.70. The van der Waals surface area contributed by atoms with Crippen LogP contribution in [0.5, 0.6) is 5.75 Å². The second-order valence-electron chi connectivity index (χ2n) is 5.30. The molecular formula is C14H18N2O4. The Bertz CT molecular complexity index is 534. The predicted molar refractivity (Wildman–Crippen MR) is 73.7 cm³/mol. The first kappa shape index (κ1) is 14.3. The van der Waals surface area contributed by atoms with Gasteiger partial charge >= 0.3 is 5.69 Å². The molecule has 0 radical (unpaired) electrons. The maximum Gasteiger partial charge on any atom is 0.310 e. The highest BCUT2D eigenvalue weighted by molar-refractivity contribution is 5.95. The lowest BCUT2D eigenvalue weighted by Gasteiger charge is -2.39. The zero-order valence-corrected chi connectivity index (χ0v) is 11.6. The molecule has 1 aromatic carbocycles. The number of hydrogen-bond donors (Lipinski definition) is 1. The summed E-state index contributed by atoms with van der Waals surface area (Å²) in [4.78, 5) is 24.3. The zero-order valence-electron chi connectivity index (χ0n) is 11.6. The van der Waals surface area contributed by atoms with Crippen molar-refractivity contribution in [1.29, 1.82) is 0 Å². The van der Waals surface area contributed by atoms with E-state index in [4.69, 9.17) is 0 Å². The van der Waals surface area contributed by atoms with Crippen molar-refractivity contribution < 1.29 is 14.8 Å². The van der Waals surface area contributed by atoms with Gasteiger partial charge in [-0.1, -0.05) is 0 Å². The van der Waals surface area contributed by atoms with Gasteiger partial charge in [0.15, 0.2) is 5.75 Å². The maximum atomic E-state index is 12.5. The smallest absolute Gasteiger partial charge is 0.310 e. The number of nitro groups is 1. The van der Waals surface area contributed by atoms with Crippen LogP contribution in [-0.2, 0) is 0 Å². The molecule has 0 bridgehead atoms. The van der Waals surface area contributed by atoms with E-state index < -0.39 is 10.7 Å². The van der Waals surface area contributed by atoms with Crippen molar-refractivity contribution in [2.75, 3.05) is 0 Å². The number of phenolic OH excluding ortho intramolecular Hbond substituents is 1. The second-order valence-corrected chi connectivity index (χ2v) is 5.30. The molecule has 6 nitrogen and oxygen atoms in total. The van der Waals surface area contributed by atoms with E-state index in [2.05, 4.69) is 0 Å². The third kappa shape index (κ3) is 2.59. The first-order valence-corrected chi connectivity index (χ1v) is 6.72. The van der Waals surface area contributed by atoms with Gasteiger partial charge in [-0.15, -0.1) is 0 Å². The Morgan fingerprint density at radius 3 is 2.45 bits per heavy atom. The van der Waals surface area contributed by atoms with Crippen molar-refractivity contribution in [3.05, 3.63) is 33.9 Å². The van der Waals surface area contributed by atoms with Crippen LogP contribution >= 0.6 is 0 Å². The Kier molecular flexibility index (Phi) is 3.92. The summed E-state index contributed by atoms with van der Waals surface area (Å²) in [7, 11) is 0. The minimum Gasteiger partial charge on any atom is -0.502 e. The van der Waals surface area contributed by atoms with Gasteiger partial charge in [0.05, 0.1) is 4.92 Å². The quantitative estimate of drug-likeness (QED) is 0.666. The molecule has 1 saturated heterocycles. The van der Waals surface area contributed by atoms with E-state index in [-0.39, 0.29) is 29.2 Å². The number of amides is 1. The summed E-state index contributed by atoms with van der Waals surface area (Å²) in [6.45, 7) is 4.00. The van der Waals surface area contributed by atoms with Crippen molar-refractivity contribution in [2.45, 2.75) is 45.2 Å². The molecule has 108 valence electrons. The van der Waals surface area contributed by atoms with Crippen LogP contribution in [0.3, 0.4) is 0 Å². The summed E-state index contributed by atoms with van der Waals surface area (Å²) < 4.78 is 0. The molecule has 20 heavy (non-hydrogen) atoms. The van der Waals surface area contributed by atoms with Crippen LogP contribution < -0.4 is 0 Å². The number of hydrogen-bond acceptors (Lipinski definition) is 4. The molecule has 1 amide bonds. The van der Waals surface area contributed by atoms with Crippen molar-refractivity contribution in [3.63, 3.8) is 0 Å². The molecule has 0 unspecified atom stereocenters. The fourth-order valence-electron chi connectivity index (χ4n) is 2.78. The fourth-order valence-corrected chi connectivity index (χ4v) is 2.78. The number of likely N-dealkylation sites (tertiary alicyclic amines) is 1. The van der Waals surface area contributed by atoms with Gasteiger partial charge in [-0.25, -0.2) is 0 Å². The van der Waals surface area contributed by atoms with E-state index in [1.54, 1.807) is 4.90 Å². The first-order valence-electron chi connectivity index (χ1n) is 6.72. The number of rotatable bonds is 2. The second kappa shape index (κ2) is 5.48. The van der Waals surface area contributed by atoms with Gasteiger partial charge in [-0.3, -0.25) is 14.9 Å². The summed E-state index contributed by atoms with van der Waals surface area (Å²) in [6.07, 6.45) is 3.00. The summed E-state index contributed by atoms with van der Waals surface area (Å²) in [5, 5.41) is 20.3. The molecule has 1 fully saturated rings. The Morgan fingerprint density at radius 2 is 1.95 bits per heavy atom. The molecule has 2 rings (SSSR count). The minimum atomic E-state index is -0.671. The molecule has 1 heterocycles.